The smallest absolute Gasteiger partial charge is 0.222 e. The first-order chi connectivity index (χ1) is 7.51. The molecule has 0 atom stereocenters. The normalized spacial score (nSPS) is 9.06. The maximum atomic E-state index is 10.9. The number of rotatable bonds is 2. The van der Waals surface area contributed by atoms with E-state index in [9.17, 15) is 9.59 Å². The Balaban J connectivity index is 3.06. The van der Waals surface area contributed by atoms with E-state index in [1.165, 1.54) is 13.8 Å². The maximum absolute atomic E-state index is 10.9. The number of hydrogen-bond donors (Lipinski definition) is 2. The lowest BCUT2D eigenvalue weighted by Crippen LogP contribution is -2.11. The summed E-state index contributed by atoms with van der Waals surface area (Å²) in [4.78, 5) is 25.7. The Morgan fingerprint density at radius 2 is 1.62 bits per heavy atom. The largest absolute Gasteiger partial charge is 0.311 e. The molecular formula is C11H11N3O2. The van der Waals surface area contributed by atoms with Crippen LogP contribution in [-0.2, 0) is 9.59 Å². The highest BCUT2D eigenvalue weighted by Gasteiger charge is 2.04. The number of amides is 2. The Bertz CT molecular complexity index is 440. The van der Waals surface area contributed by atoms with Crippen molar-refractivity contribution in [3.63, 3.8) is 0 Å². The van der Waals surface area contributed by atoms with Gasteiger partial charge >= 0.3 is 0 Å². The van der Waals surface area contributed by atoms with Gasteiger partial charge in [-0.15, -0.1) is 6.42 Å². The Morgan fingerprint density at radius 3 is 1.94 bits per heavy atom. The van der Waals surface area contributed by atoms with E-state index in [1.807, 2.05) is 0 Å². The molecule has 1 aromatic heterocycles. The number of carbonyl (C=O) groups excluding carboxylic acids is 2. The molecule has 0 saturated carbocycles. The minimum absolute atomic E-state index is 0.254. The first kappa shape index (κ1) is 11.7. The topological polar surface area (TPSA) is 71.1 Å². The monoisotopic (exact) mass is 217 g/mol. The van der Waals surface area contributed by atoms with Crippen molar-refractivity contribution in [2.45, 2.75) is 13.8 Å². The predicted octanol–water partition coefficient (Wildman–Crippen LogP) is 0.980. The summed E-state index contributed by atoms with van der Waals surface area (Å²) in [6.45, 7) is 2.73. The highest BCUT2D eigenvalue weighted by Crippen LogP contribution is 2.13. The van der Waals surface area contributed by atoms with Crippen LogP contribution >= 0.6 is 0 Å². The zero-order chi connectivity index (χ0) is 12.1. The number of anilines is 2. The molecule has 0 aromatic carbocycles. The number of aromatic nitrogens is 1. The van der Waals surface area contributed by atoms with Crippen LogP contribution in [0.3, 0.4) is 0 Å². The third kappa shape index (κ3) is 3.42. The summed E-state index contributed by atoms with van der Waals surface area (Å²) in [6.07, 6.45) is 5.25. The molecule has 0 fully saturated rings. The Morgan fingerprint density at radius 1 is 1.19 bits per heavy atom. The van der Waals surface area contributed by atoms with Gasteiger partial charge in [-0.25, -0.2) is 4.98 Å². The number of terminal acetylenes is 1. The number of nitrogens with zero attached hydrogens (tertiary/aromatic N) is 1. The second-order valence-corrected chi connectivity index (χ2v) is 3.13. The average molecular weight is 217 g/mol. The summed E-state index contributed by atoms with van der Waals surface area (Å²) >= 11 is 0. The van der Waals surface area contributed by atoms with Crippen molar-refractivity contribution in [3.05, 3.63) is 17.7 Å². The molecule has 0 aliphatic heterocycles. The van der Waals surface area contributed by atoms with Gasteiger partial charge in [0, 0.05) is 19.4 Å². The fourth-order valence-electron chi connectivity index (χ4n) is 1.10. The Labute approximate surface area is 93.3 Å². The summed E-state index contributed by atoms with van der Waals surface area (Å²) in [5.41, 5.74) is 0.530. The van der Waals surface area contributed by atoms with Crippen molar-refractivity contribution in [2.24, 2.45) is 0 Å². The third-order valence-corrected chi connectivity index (χ3v) is 1.60. The highest BCUT2D eigenvalue weighted by molar-refractivity contribution is 5.90. The molecule has 0 aliphatic carbocycles. The van der Waals surface area contributed by atoms with Gasteiger partial charge in [0.15, 0.2) is 0 Å². The molecule has 5 nitrogen and oxygen atoms in total. The van der Waals surface area contributed by atoms with Crippen molar-refractivity contribution < 1.29 is 9.59 Å². The van der Waals surface area contributed by atoms with Crippen molar-refractivity contribution in [3.8, 4) is 12.3 Å². The minimum Gasteiger partial charge on any atom is -0.311 e. The first-order valence-electron chi connectivity index (χ1n) is 4.55. The van der Waals surface area contributed by atoms with Gasteiger partial charge in [0.05, 0.1) is 0 Å². The molecule has 2 amide bonds. The van der Waals surface area contributed by atoms with Crippen LogP contribution in [-0.4, -0.2) is 16.8 Å². The molecule has 2 N–H and O–H groups in total. The Hall–Kier alpha value is -2.35. The zero-order valence-corrected chi connectivity index (χ0v) is 9.00. The van der Waals surface area contributed by atoms with Crippen LogP contribution in [0.1, 0.15) is 19.4 Å². The van der Waals surface area contributed by atoms with Crippen molar-refractivity contribution in [1.29, 1.82) is 0 Å². The fourth-order valence-corrected chi connectivity index (χ4v) is 1.10. The predicted molar refractivity (Wildman–Crippen MR) is 60.8 cm³/mol. The Kier molecular flexibility index (Phi) is 3.62. The summed E-state index contributed by atoms with van der Waals surface area (Å²) in [5.74, 6) is 2.53. The zero-order valence-electron chi connectivity index (χ0n) is 9.00. The molecule has 1 heterocycles. The number of pyridine rings is 1. The molecule has 0 bridgehead atoms. The van der Waals surface area contributed by atoms with Crippen LogP contribution in [0.25, 0.3) is 0 Å². The van der Waals surface area contributed by atoms with E-state index in [2.05, 4.69) is 21.5 Å². The second kappa shape index (κ2) is 4.94. The van der Waals surface area contributed by atoms with Gasteiger partial charge < -0.3 is 10.6 Å². The molecule has 5 heteroatoms. The van der Waals surface area contributed by atoms with Crippen LogP contribution < -0.4 is 10.6 Å². The first-order valence-corrected chi connectivity index (χ1v) is 4.55. The quantitative estimate of drug-likeness (QED) is 0.725. The van der Waals surface area contributed by atoms with Gasteiger partial charge in [-0.2, -0.15) is 0 Å². The number of carbonyl (C=O) groups is 2. The molecule has 82 valence electrons. The number of nitrogens with one attached hydrogen (secondary N) is 2. The summed E-state index contributed by atoms with van der Waals surface area (Å²) in [7, 11) is 0. The molecule has 0 aliphatic rings. The van der Waals surface area contributed by atoms with Gasteiger partial charge in [0.1, 0.15) is 11.6 Å². The van der Waals surface area contributed by atoms with Gasteiger partial charge in [-0.05, 0) is 12.1 Å². The number of hydrogen-bond acceptors (Lipinski definition) is 3. The third-order valence-electron chi connectivity index (χ3n) is 1.60. The van der Waals surface area contributed by atoms with Gasteiger partial charge in [0.2, 0.25) is 11.8 Å². The van der Waals surface area contributed by atoms with Gasteiger partial charge in [-0.3, -0.25) is 9.59 Å². The van der Waals surface area contributed by atoms with E-state index < -0.39 is 0 Å². The van der Waals surface area contributed by atoms with Crippen LogP contribution in [0.5, 0.6) is 0 Å². The van der Waals surface area contributed by atoms with E-state index in [1.54, 1.807) is 12.1 Å². The summed E-state index contributed by atoms with van der Waals surface area (Å²) in [5, 5.41) is 4.99. The minimum atomic E-state index is -0.254. The molecule has 0 saturated heterocycles. The molecule has 1 rings (SSSR count). The maximum Gasteiger partial charge on any atom is 0.222 e. The lowest BCUT2D eigenvalue weighted by molar-refractivity contribution is -0.115. The highest BCUT2D eigenvalue weighted by atomic mass is 16.2. The fraction of sp³-hybridized carbons (Fsp3) is 0.182. The molecule has 16 heavy (non-hydrogen) atoms. The van der Waals surface area contributed by atoms with E-state index in [-0.39, 0.29) is 11.8 Å². The molecule has 0 unspecified atom stereocenters. The van der Waals surface area contributed by atoms with E-state index in [0.29, 0.717) is 17.2 Å². The van der Waals surface area contributed by atoms with Gasteiger partial charge in [-0.1, -0.05) is 5.92 Å². The average Bonchev–Trinajstić information content (AvgIpc) is 2.14. The molecule has 0 spiro atoms. The van der Waals surface area contributed by atoms with Crippen molar-refractivity contribution in [1.82, 2.24) is 4.98 Å². The van der Waals surface area contributed by atoms with E-state index in [4.69, 9.17) is 6.42 Å². The van der Waals surface area contributed by atoms with E-state index >= 15 is 0 Å². The summed E-state index contributed by atoms with van der Waals surface area (Å²) in [6, 6.07) is 3.10. The van der Waals surface area contributed by atoms with Crippen molar-refractivity contribution >= 4 is 23.5 Å². The lowest BCUT2D eigenvalue weighted by Gasteiger charge is -2.06. The van der Waals surface area contributed by atoms with Crippen molar-refractivity contribution in [2.75, 3.05) is 10.6 Å². The summed E-state index contributed by atoms with van der Waals surface area (Å²) < 4.78 is 0. The standard InChI is InChI=1S/C11H11N3O2/c1-4-9-5-10(12-7(2)15)14-11(6-9)13-8(3)16/h1,5-6H,2-3H3,(H2,12,13,14,15,16). The molecular weight excluding hydrogens is 206 g/mol. The van der Waals surface area contributed by atoms with Crippen LogP contribution in [0, 0.1) is 12.3 Å². The van der Waals surface area contributed by atoms with Gasteiger partial charge in [0.25, 0.3) is 0 Å². The SMILES string of the molecule is C#Cc1cc(NC(C)=O)nc(NC(C)=O)c1. The van der Waals surface area contributed by atoms with Crippen LogP contribution in [0.15, 0.2) is 12.1 Å². The molecule has 0 radical (unpaired) electrons. The lowest BCUT2D eigenvalue weighted by atomic mass is 10.2. The van der Waals surface area contributed by atoms with E-state index in [0.717, 1.165) is 0 Å². The molecule has 1 aromatic rings. The second-order valence-electron chi connectivity index (χ2n) is 3.13. The van der Waals surface area contributed by atoms with Crippen LogP contribution in [0.2, 0.25) is 0 Å². The van der Waals surface area contributed by atoms with Crippen LogP contribution in [0.4, 0.5) is 11.6 Å².